The van der Waals surface area contributed by atoms with E-state index in [1.54, 1.807) is 0 Å². The number of carboxylic acids is 1. The molecule has 0 aliphatic heterocycles. The molecule has 0 heterocycles. The predicted molar refractivity (Wildman–Crippen MR) is 122 cm³/mol. The van der Waals surface area contributed by atoms with Gasteiger partial charge in [0.05, 0.1) is 39.8 Å². The van der Waals surface area contributed by atoms with Gasteiger partial charge in [-0.25, -0.2) is 0 Å². The normalized spacial score (nSPS) is 14.6. The maximum absolute atomic E-state index is 11.0. The summed E-state index contributed by atoms with van der Waals surface area (Å²) in [5.74, 6) is -0.938. The van der Waals surface area contributed by atoms with Crippen LogP contribution in [-0.2, 0) is 18.6 Å². The van der Waals surface area contributed by atoms with Gasteiger partial charge in [0.25, 0.3) is 0 Å². The van der Waals surface area contributed by atoms with Gasteiger partial charge in [0.1, 0.15) is 12.6 Å². The summed E-state index contributed by atoms with van der Waals surface area (Å²) < 4.78 is 17.4. The molecule has 2 atom stereocenters. The van der Waals surface area contributed by atoms with Gasteiger partial charge in [-0.3, -0.25) is 4.79 Å². The minimum atomic E-state index is -2.04. The van der Waals surface area contributed by atoms with Crippen molar-refractivity contribution in [2.45, 2.75) is 96.7 Å². The number of hydrogen-bond donors (Lipinski definition) is 2. The zero-order valence-electron chi connectivity index (χ0n) is 20.2. The van der Waals surface area contributed by atoms with E-state index in [9.17, 15) is 9.69 Å². The highest BCUT2D eigenvalue weighted by Gasteiger charge is 2.25. The van der Waals surface area contributed by atoms with Gasteiger partial charge in [-0.05, 0) is 33.1 Å². The standard InChI is InChI=1S/C22H46NO6P/c1-7-8-15-22(2,3)27-16-13-11-9-10-12-14-17-28-30(26)29-20(18-21(24)25)19-23(4,5)6/h20,26H,7-19H2,1-6H3/p+1/t20-,30?/m1/s1. The Hall–Kier alpha value is -0.300. The van der Waals surface area contributed by atoms with Crippen LogP contribution in [-0.4, -0.2) is 73.1 Å². The van der Waals surface area contributed by atoms with Crippen LogP contribution in [0.1, 0.15) is 85.0 Å². The van der Waals surface area contributed by atoms with Crippen molar-refractivity contribution in [1.82, 2.24) is 0 Å². The fourth-order valence-electron chi connectivity index (χ4n) is 3.18. The molecule has 0 radical (unpaired) electrons. The maximum atomic E-state index is 11.0. The first-order chi connectivity index (χ1) is 13.9. The second-order valence-corrected chi connectivity index (χ2v) is 10.6. The minimum Gasteiger partial charge on any atom is -0.481 e. The van der Waals surface area contributed by atoms with Crippen LogP contribution in [0.4, 0.5) is 0 Å². The van der Waals surface area contributed by atoms with Crippen molar-refractivity contribution in [2.75, 3.05) is 40.9 Å². The van der Waals surface area contributed by atoms with E-state index in [1.165, 1.54) is 25.7 Å². The highest BCUT2D eigenvalue weighted by molar-refractivity contribution is 7.40. The Morgan fingerprint density at radius 1 is 1.00 bits per heavy atom. The first-order valence-electron chi connectivity index (χ1n) is 11.4. The Bertz CT molecular complexity index is 442. The monoisotopic (exact) mass is 452 g/mol. The van der Waals surface area contributed by atoms with Gasteiger partial charge in [0.2, 0.25) is 0 Å². The third-order valence-electron chi connectivity index (χ3n) is 4.76. The summed E-state index contributed by atoms with van der Waals surface area (Å²) >= 11 is 0. The van der Waals surface area contributed by atoms with Gasteiger partial charge in [-0.15, -0.1) is 0 Å². The fourth-order valence-corrected chi connectivity index (χ4v) is 3.92. The molecule has 0 aromatic rings. The molecule has 0 amide bonds. The summed E-state index contributed by atoms with van der Waals surface area (Å²) in [5.41, 5.74) is -0.00651. The molecule has 8 heteroatoms. The lowest BCUT2D eigenvalue weighted by molar-refractivity contribution is -0.873. The first-order valence-corrected chi connectivity index (χ1v) is 12.5. The van der Waals surface area contributed by atoms with Crippen molar-refractivity contribution in [1.29, 1.82) is 0 Å². The predicted octanol–water partition coefficient (Wildman–Crippen LogP) is 5.11. The van der Waals surface area contributed by atoms with Crippen LogP contribution in [0.25, 0.3) is 0 Å². The Balaban J connectivity index is 3.74. The van der Waals surface area contributed by atoms with Crippen molar-refractivity contribution in [2.24, 2.45) is 0 Å². The Morgan fingerprint density at radius 3 is 2.10 bits per heavy atom. The molecular weight excluding hydrogens is 405 g/mol. The second kappa shape index (κ2) is 16.3. The average Bonchev–Trinajstić information content (AvgIpc) is 2.59. The highest BCUT2D eigenvalue weighted by Crippen LogP contribution is 2.36. The second-order valence-electron chi connectivity index (χ2n) is 9.70. The van der Waals surface area contributed by atoms with Crippen LogP contribution in [0.5, 0.6) is 0 Å². The van der Waals surface area contributed by atoms with Gasteiger partial charge in [-0.2, -0.15) is 0 Å². The van der Waals surface area contributed by atoms with Crippen LogP contribution in [0, 0.1) is 0 Å². The largest absolute Gasteiger partial charge is 0.481 e. The smallest absolute Gasteiger partial charge is 0.330 e. The van der Waals surface area contributed by atoms with E-state index >= 15 is 0 Å². The van der Waals surface area contributed by atoms with Gasteiger partial charge in [0.15, 0.2) is 0 Å². The number of rotatable bonds is 20. The van der Waals surface area contributed by atoms with E-state index < -0.39 is 20.7 Å². The summed E-state index contributed by atoms with van der Waals surface area (Å²) in [7, 11) is 3.83. The number of aliphatic carboxylic acids is 1. The molecule has 2 N–H and O–H groups in total. The highest BCUT2D eigenvalue weighted by atomic mass is 31.2. The lowest BCUT2D eigenvalue weighted by atomic mass is 10.0. The molecule has 180 valence electrons. The van der Waals surface area contributed by atoms with Crippen LogP contribution < -0.4 is 0 Å². The third kappa shape index (κ3) is 19.7. The molecule has 0 spiro atoms. The lowest BCUT2D eigenvalue weighted by Crippen LogP contribution is -2.42. The van der Waals surface area contributed by atoms with E-state index in [0.29, 0.717) is 17.6 Å². The Kier molecular flexibility index (Phi) is 16.2. The lowest BCUT2D eigenvalue weighted by Gasteiger charge is -2.29. The van der Waals surface area contributed by atoms with Gasteiger partial charge >= 0.3 is 14.6 Å². The third-order valence-corrected chi connectivity index (χ3v) is 5.64. The molecule has 1 unspecified atom stereocenters. The number of quaternary nitrogens is 1. The molecule has 0 bridgehead atoms. The molecule has 0 saturated heterocycles. The molecule has 0 fully saturated rings. The molecule has 0 aliphatic carbocycles. The van der Waals surface area contributed by atoms with E-state index in [2.05, 4.69) is 20.8 Å². The summed E-state index contributed by atoms with van der Waals surface area (Å²) in [4.78, 5) is 20.9. The molecule has 0 aromatic carbocycles. The molecule has 0 rings (SSSR count). The maximum Gasteiger partial charge on any atom is 0.330 e. The SMILES string of the molecule is CCCCC(C)(C)OCCCCCCCCOP(O)O[C@H](CC(=O)O)C[N+](C)(C)C. The van der Waals surface area contributed by atoms with Crippen LogP contribution in [0.3, 0.4) is 0 Å². The molecule has 7 nitrogen and oxygen atoms in total. The number of carboxylic acid groups (broad SMARTS) is 1. The van der Waals surface area contributed by atoms with E-state index in [-0.39, 0.29) is 12.0 Å². The summed E-state index contributed by atoms with van der Waals surface area (Å²) in [6.07, 6.45) is 9.32. The first kappa shape index (κ1) is 29.7. The minimum absolute atomic E-state index is 0.00651. The van der Waals surface area contributed by atoms with Crippen molar-refractivity contribution >= 4 is 14.6 Å². The zero-order valence-corrected chi connectivity index (χ0v) is 21.1. The topological polar surface area (TPSA) is 85.2 Å². The van der Waals surface area contributed by atoms with E-state index in [1.807, 2.05) is 21.1 Å². The van der Waals surface area contributed by atoms with Gasteiger partial charge in [-0.1, -0.05) is 45.4 Å². The molecule has 0 aliphatic rings. The van der Waals surface area contributed by atoms with E-state index in [0.717, 1.165) is 38.7 Å². The number of ether oxygens (including phenoxy) is 1. The van der Waals surface area contributed by atoms with Crippen LogP contribution in [0.2, 0.25) is 0 Å². The number of carbonyl (C=O) groups is 1. The number of nitrogens with zero attached hydrogens (tertiary/aromatic N) is 1. The zero-order chi connectivity index (χ0) is 23.0. The number of unbranched alkanes of at least 4 members (excludes halogenated alkanes) is 6. The van der Waals surface area contributed by atoms with Crippen molar-refractivity contribution in [3.05, 3.63) is 0 Å². The average molecular weight is 453 g/mol. The molecular formula is C22H47NO6P+. The van der Waals surface area contributed by atoms with Crippen LogP contribution in [0.15, 0.2) is 0 Å². The number of hydrogen-bond acceptors (Lipinski definition) is 5. The van der Waals surface area contributed by atoms with E-state index in [4.69, 9.17) is 18.9 Å². The summed E-state index contributed by atoms with van der Waals surface area (Å²) in [6, 6.07) is 0. The quantitative estimate of drug-likeness (QED) is 0.152. The molecule has 0 saturated carbocycles. The van der Waals surface area contributed by atoms with Gasteiger partial charge < -0.3 is 28.3 Å². The van der Waals surface area contributed by atoms with Crippen LogP contribution >= 0.6 is 8.60 Å². The van der Waals surface area contributed by atoms with Crippen molar-refractivity contribution in [3.63, 3.8) is 0 Å². The summed E-state index contributed by atoms with van der Waals surface area (Å²) in [5, 5.41) is 9.01. The van der Waals surface area contributed by atoms with Crippen molar-refractivity contribution < 1.29 is 33.1 Å². The Morgan fingerprint density at radius 2 is 1.57 bits per heavy atom. The number of likely N-dealkylation sites (N-methyl/N-ethyl adjacent to an activating group) is 1. The van der Waals surface area contributed by atoms with Gasteiger partial charge in [0, 0.05) is 6.61 Å². The Labute approximate surface area is 185 Å². The fraction of sp³-hybridized carbons (Fsp3) is 0.955. The molecule has 30 heavy (non-hydrogen) atoms. The van der Waals surface area contributed by atoms with Crippen molar-refractivity contribution in [3.8, 4) is 0 Å². The molecule has 0 aromatic heterocycles. The summed E-state index contributed by atoms with van der Waals surface area (Å²) in [6.45, 7) is 8.31.